The molecular weight excluding hydrogens is 357 g/mol. The third-order valence-corrected chi connectivity index (χ3v) is 6.38. The summed E-state index contributed by atoms with van der Waals surface area (Å²) in [7, 11) is 1.90. The Bertz CT molecular complexity index is 1010. The molecule has 0 saturated heterocycles. The van der Waals surface area contributed by atoms with E-state index < -0.39 is 6.17 Å². The lowest BCUT2D eigenvalue weighted by atomic mass is 9.83. The molecule has 5 rings (SSSR count). The maximum atomic E-state index is 14.9. The summed E-state index contributed by atoms with van der Waals surface area (Å²) in [6, 6.07) is 6.91. The number of alkyl halides is 1. The van der Waals surface area contributed by atoms with E-state index in [9.17, 15) is 9.50 Å². The first-order valence-electron chi connectivity index (χ1n) is 9.74. The molecule has 7 heteroatoms. The third kappa shape index (κ3) is 2.85. The van der Waals surface area contributed by atoms with Crippen molar-refractivity contribution in [3.63, 3.8) is 0 Å². The van der Waals surface area contributed by atoms with E-state index in [0.29, 0.717) is 28.5 Å². The summed E-state index contributed by atoms with van der Waals surface area (Å²) in [5.41, 5.74) is 1.80. The van der Waals surface area contributed by atoms with Crippen molar-refractivity contribution in [3.05, 3.63) is 36.8 Å². The number of phenolic OH excluding ortho intramolecular Hbond substituents is 1. The van der Waals surface area contributed by atoms with E-state index in [1.165, 1.54) is 6.33 Å². The van der Waals surface area contributed by atoms with Gasteiger partial charge >= 0.3 is 0 Å². The lowest BCUT2D eigenvalue weighted by Crippen LogP contribution is -2.46. The third-order valence-electron chi connectivity index (χ3n) is 6.38. The van der Waals surface area contributed by atoms with Gasteiger partial charge in [0.2, 0.25) is 0 Å². The molecule has 3 aromatic rings. The molecule has 2 aromatic heterocycles. The number of halogens is 1. The average molecular weight is 379 g/mol. The first-order chi connectivity index (χ1) is 13.6. The van der Waals surface area contributed by atoms with Crippen LogP contribution in [0.3, 0.4) is 0 Å². The minimum absolute atomic E-state index is 0.0919. The van der Waals surface area contributed by atoms with Gasteiger partial charge in [-0.2, -0.15) is 0 Å². The maximum Gasteiger partial charge on any atom is 0.151 e. The summed E-state index contributed by atoms with van der Waals surface area (Å²) < 4.78 is 14.9. The lowest BCUT2D eigenvalue weighted by molar-refractivity contribution is 0.144. The normalized spacial score (nSPS) is 26.5. The van der Waals surface area contributed by atoms with Crippen LogP contribution in [0.2, 0.25) is 0 Å². The zero-order valence-electron chi connectivity index (χ0n) is 15.7. The Labute approximate surface area is 162 Å². The fourth-order valence-electron chi connectivity index (χ4n) is 4.82. The second-order valence-corrected chi connectivity index (χ2v) is 8.03. The second-order valence-electron chi connectivity index (χ2n) is 8.03. The predicted molar refractivity (Wildman–Crippen MR) is 105 cm³/mol. The number of benzene rings is 1. The number of anilines is 1. The number of nitrogens with zero attached hydrogens (tertiary/aromatic N) is 5. The van der Waals surface area contributed by atoms with Gasteiger partial charge in [0.25, 0.3) is 0 Å². The predicted octanol–water partition coefficient (Wildman–Crippen LogP) is 3.76. The second kappa shape index (κ2) is 6.65. The Morgan fingerprint density at radius 2 is 2.04 bits per heavy atom. The van der Waals surface area contributed by atoms with Crippen LogP contribution in [-0.2, 0) is 0 Å². The van der Waals surface area contributed by atoms with Gasteiger partial charge in [0, 0.05) is 30.3 Å². The van der Waals surface area contributed by atoms with Crippen LogP contribution < -0.4 is 4.90 Å². The SMILES string of the molecule is CN(c1ccc(-c2cc3cncnc3cc2O)nn1)[C@@H]1C[C@H]2CC[C@H](C2)[C@@H]1F. The van der Waals surface area contributed by atoms with E-state index in [1.54, 1.807) is 18.3 Å². The fraction of sp³-hybridized carbons (Fsp3) is 0.429. The van der Waals surface area contributed by atoms with Crippen molar-refractivity contribution in [1.29, 1.82) is 0 Å². The van der Waals surface area contributed by atoms with Crippen molar-refractivity contribution >= 4 is 16.7 Å². The number of hydrogen-bond donors (Lipinski definition) is 1. The summed E-state index contributed by atoms with van der Waals surface area (Å²) in [5, 5.41) is 19.8. The van der Waals surface area contributed by atoms with Crippen LogP contribution in [0.25, 0.3) is 22.2 Å². The first-order valence-corrected chi connectivity index (χ1v) is 9.74. The highest BCUT2D eigenvalue weighted by Crippen LogP contribution is 2.45. The van der Waals surface area contributed by atoms with E-state index >= 15 is 0 Å². The Balaban J connectivity index is 1.42. The molecule has 0 unspecified atom stereocenters. The molecule has 2 bridgehead atoms. The molecule has 2 aliphatic carbocycles. The van der Waals surface area contributed by atoms with Gasteiger partial charge in [0.15, 0.2) is 5.82 Å². The van der Waals surface area contributed by atoms with Gasteiger partial charge in [-0.25, -0.2) is 14.4 Å². The minimum atomic E-state index is -0.810. The van der Waals surface area contributed by atoms with Crippen molar-refractivity contribution in [2.45, 2.75) is 37.9 Å². The highest BCUT2D eigenvalue weighted by atomic mass is 19.1. The molecule has 0 radical (unpaired) electrons. The number of phenols is 1. The number of fused-ring (bicyclic) bond motifs is 3. The Kier molecular flexibility index (Phi) is 4.10. The Hall–Kier alpha value is -2.83. The number of aromatic hydroxyl groups is 1. The monoisotopic (exact) mass is 379 g/mol. The largest absolute Gasteiger partial charge is 0.507 e. The summed E-state index contributed by atoms with van der Waals surface area (Å²) >= 11 is 0. The minimum Gasteiger partial charge on any atom is -0.507 e. The molecule has 2 saturated carbocycles. The number of rotatable bonds is 3. The number of hydrogen-bond acceptors (Lipinski definition) is 6. The lowest BCUT2D eigenvalue weighted by Gasteiger charge is -2.38. The van der Waals surface area contributed by atoms with E-state index in [-0.39, 0.29) is 17.7 Å². The van der Waals surface area contributed by atoms with Crippen molar-refractivity contribution in [3.8, 4) is 17.0 Å². The first kappa shape index (κ1) is 17.3. The van der Waals surface area contributed by atoms with Crippen molar-refractivity contribution in [2.24, 2.45) is 11.8 Å². The summed E-state index contributed by atoms with van der Waals surface area (Å²) in [6.45, 7) is 0. The average Bonchev–Trinajstić information content (AvgIpc) is 3.13. The van der Waals surface area contributed by atoms with Gasteiger partial charge in [0.05, 0.1) is 17.3 Å². The van der Waals surface area contributed by atoms with Crippen LogP contribution in [0, 0.1) is 11.8 Å². The van der Waals surface area contributed by atoms with Crippen LogP contribution >= 0.6 is 0 Å². The molecule has 0 aliphatic heterocycles. The zero-order chi connectivity index (χ0) is 19.3. The molecule has 4 atom stereocenters. The molecule has 0 amide bonds. The molecule has 2 heterocycles. The standard InChI is InChI=1S/C21H22FN5O/c1-27(18-7-12-2-3-13(6-12)21(18)22)20-5-4-16(25-26-20)15-8-14-10-23-11-24-17(14)9-19(15)28/h4-5,8-13,18,21,28H,2-3,6-7H2,1H3/t12-,13+,18+,21-/m0/s1. The summed E-state index contributed by atoms with van der Waals surface area (Å²) in [4.78, 5) is 10.1. The van der Waals surface area contributed by atoms with Crippen LogP contribution in [0.15, 0.2) is 36.8 Å². The van der Waals surface area contributed by atoms with Crippen LogP contribution in [-0.4, -0.2) is 44.5 Å². The number of aromatic nitrogens is 4. The topological polar surface area (TPSA) is 75.0 Å². The molecule has 1 aromatic carbocycles. The van der Waals surface area contributed by atoms with Gasteiger partial charge < -0.3 is 10.0 Å². The van der Waals surface area contributed by atoms with Gasteiger partial charge in [-0.05, 0) is 55.7 Å². The van der Waals surface area contributed by atoms with Crippen molar-refractivity contribution in [2.75, 3.05) is 11.9 Å². The summed E-state index contributed by atoms with van der Waals surface area (Å²) in [5.74, 6) is 1.57. The zero-order valence-corrected chi connectivity index (χ0v) is 15.7. The molecular formula is C21H22FN5O. The van der Waals surface area contributed by atoms with E-state index in [4.69, 9.17) is 0 Å². The van der Waals surface area contributed by atoms with Crippen LogP contribution in [0.5, 0.6) is 5.75 Å². The van der Waals surface area contributed by atoms with E-state index in [2.05, 4.69) is 20.2 Å². The molecule has 2 fully saturated rings. The summed E-state index contributed by atoms with van der Waals surface area (Å²) in [6.07, 6.45) is 6.39. The van der Waals surface area contributed by atoms with Crippen LogP contribution in [0.4, 0.5) is 10.2 Å². The van der Waals surface area contributed by atoms with Crippen molar-refractivity contribution < 1.29 is 9.50 Å². The van der Waals surface area contributed by atoms with E-state index in [1.807, 2.05) is 24.1 Å². The molecule has 1 N–H and O–H groups in total. The van der Waals surface area contributed by atoms with Gasteiger partial charge in [-0.15, -0.1) is 10.2 Å². The molecule has 0 spiro atoms. The molecule has 2 aliphatic rings. The highest BCUT2D eigenvalue weighted by molar-refractivity contribution is 5.86. The smallest absolute Gasteiger partial charge is 0.151 e. The maximum absolute atomic E-state index is 14.9. The highest BCUT2D eigenvalue weighted by Gasteiger charge is 2.44. The fourth-order valence-corrected chi connectivity index (χ4v) is 4.82. The molecule has 28 heavy (non-hydrogen) atoms. The van der Waals surface area contributed by atoms with Crippen LogP contribution in [0.1, 0.15) is 25.7 Å². The van der Waals surface area contributed by atoms with Gasteiger partial charge in [-0.1, -0.05) is 0 Å². The molecule has 6 nitrogen and oxygen atoms in total. The Morgan fingerprint density at radius 3 is 2.86 bits per heavy atom. The Morgan fingerprint density at radius 1 is 1.14 bits per heavy atom. The van der Waals surface area contributed by atoms with E-state index in [0.717, 1.165) is 31.1 Å². The van der Waals surface area contributed by atoms with Crippen molar-refractivity contribution in [1.82, 2.24) is 20.2 Å². The van der Waals surface area contributed by atoms with Gasteiger partial charge in [-0.3, -0.25) is 0 Å². The quantitative estimate of drug-likeness (QED) is 0.747. The molecule has 144 valence electrons. The van der Waals surface area contributed by atoms with Gasteiger partial charge in [0.1, 0.15) is 18.2 Å².